The number of nitrogens with one attached hydrogen (secondary N) is 1. The standard InChI is InChI=1S/C9H15N3O4S/c1-17(14,15)6-7-11-8(16-12-7)9(13)2-4-10-5-3-9/h10,13H,2-6H2,1H3. The van der Waals surface area contributed by atoms with Crippen molar-refractivity contribution in [3.63, 3.8) is 0 Å². The zero-order chi connectivity index (χ0) is 12.5. The van der Waals surface area contributed by atoms with Gasteiger partial charge in [0.2, 0.25) is 0 Å². The van der Waals surface area contributed by atoms with Crippen LogP contribution in [-0.2, 0) is 21.2 Å². The van der Waals surface area contributed by atoms with Gasteiger partial charge in [-0.05, 0) is 25.9 Å². The van der Waals surface area contributed by atoms with Crippen molar-refractivity contribution < 1.29 is 18.0 Å². The summed E-state index contributed by atoms with van der Waals surface area (Å²) >= 11 is 0. The molecule has 1 aromatic heterocycles. The van der Waals surface area contributed by atoms with Crippen LogP contribution in [0, 0.1) is 0 Å². The van der Waals surface area contributed by atoms with Gasteiger partial charge >= 0.3 is 0 Å². The van der Waals surface area contributed by atoms with Crippen LogP contribution in [0.5, 0.6) is 0 Å². The van der Waals surface area contributed by atoms with Crippen LogP contribution in [-0.4, -0.2) is 43.0 Å². The maximum Gasteiger partial charge on any atom is 0.258 e. The van der Waals surface area contributed by atoms with Crippen molar-refractivity contribution in [1.29, 1.82) is 0 Å². The number of piperidine rings is 1. The number of hydrogen-bond donors (Lipinski definition) is 2. The first-order valence-corrected chi connectivity index (χ1v) is 7.39. The second-order valence-electron chi connectivity index (χ2n) is 4.37. The third-order valence-electron chi connectivity index (χ3n) is 2.69. The van der Waals surface area contributed by atoms with Crippen LogP contribution < -0.4 is 5.32 Å². The third-order valence-corrected chi connectivity index (χ3v) is 3.47. The lowest BCUT2D eigenvalue weighted by Crippen LogP contribution is -2.39. The van der Waals surface area contributed by atoms with Gasteiger partial charge in [-0.25, -0.2) is 8.42 Å². The molecule has 1 saturated heterocycles. The summed E-state index contributed by atoms with van der Waals surface area (Å²) in [6.45, 7) is 1.33. The van der Waals surface area contributed by atoms with E-state index in [0.717, 1.165) is 6.26 Å². The summed E-state index contributed by atoms with van der Waals surface area (Å²) in [6.07, 6.45) is 2.06. The highest BCUT2D eigenvalue weighted by Crippen LogP contribution is 2.28. The lowest BCUT2D eigenvalue weighted by Gasteiger charge is -2.28. The Morgan fingerprint density at radius 2 is 2.12 bits per heavy atom. The summed E-state index contributed by atoms with van der Waals surface area (Å²) in [4.78, 5) is 3.96. The van der Waals surface area contributed by atoms with Crippen LogP contribution in [0.4, 0.5) is 0 Å². The first-order chi connectivity index (χ1) is 7.89. The molecular formula is C9H15N3O4S. The van der Waals surface area contributed by atoms with Crippen molar-refractivity contribution in [3.05, 3.63) is 11.7 Å². The molecule has 2 N–H and O–H groups in total. The van der Waals surface area contributed by atoms with Crippen LogP contribution in [0.2, 0.25) is 0 Å². The number of sulfone groups is 1. The molecular weight excluding hydrogens is 246 g/mol. The number of hydrogen-bond acceptors (Lipinski definition) is 7. The molecule has 2 rings (SSSR count). The van der Waals surface area contributed by atoms with Crippen molar-refractivity contribution in [2.75, 3.05) is 19.3 Å². The van der Waals surface area contributed by atoms with Crippen LogP contribution in [0.15, 0.2) is 4.52 Å². The molecule has 1 aliphatic heterocycles. The van der Waals surface area contributed by atoms with Gasteiger partial charge in [0.1, 0.15) is 11.4 Å². The highest BCUT2D eigenvalue weighted by atomic mass is 32.2. The molecule has 0 aliphatic carbocycles. The highest BCUT2D eigenvalue weighted by molar-refractivity contribution is 7.89. The molecule has 0 saturated carbocycles. The van der Waals surface area contributed by atoms with Gasteiger partial charge in [-0.1, -0.05) is 5.16 Å². The molecule has 1 aliphatic rings. The minimum Gasteiger partial charge on any atom is -0.380 e. The summed E-state index contributed by atoms with van der Waals surface area (Å²) < 4.78 is 27.1. The Labute approximate surface area is 99.1 Å². The monoisotopic (exact) mass is 261 g/mol. The van der Waals surface area contributed by atoms with E-state index < -0.39 is 15.4 Å². The normalized spacial score (nSPS) is 20.4. The fourth-order valence-electron chi connectivity index (χ4n) is 1.79. The quantitative estimate of drug-likeness (QED) is 0.732. The topological polar surface area (TPSA) is 105 Å². The SMILES string of the molecule is CS(=O)(=O)Cc1noc(C2(O)CCNCC2)n1. The van der Waals surface area contributed by atoms with Gasteiger partial charge in [0.15, 0.2) is 15.7 Å². The van der Waals surface area contributed by atoms with Gasteiger partial charge in [0.05, 0.1) is 0 Å². The number of rotatable bonds is 3. The Kier molecular flexibility index (Phi) is 3.19. The molecule has 0 spiro atoms. The van der Waals surface area contributed by atoms with Gasteiger partial charge in [-0.2, -0.15) is 4.98 Å². The Hall–Kier alpha value is -0.990. The summed E-state index contributed by atoms with van der Waals surface area (Å²) in [5.74, 6) is -0.0720. The Morgan fingerprint density at radius 3 is 2.71 bits per heavy atom. The molecule has 0 aromatic carbocycles. The Morgan fingerprint density at radius 1 is 1.47 bits per heavy atom. The lowest BCUT2D eigenvalue weighted by atomic mass is 9.92. The molecule has 1 aromatic rings. The molecule has 7 nitrogen and oxygen atoms in total. The van der Waals surface area contributed by atoms with Crippen LogP contribution in [0.25, 0.3) is 0 Å². The van der Waals surface area contributed by atoms with E-state index in [1.807, 2.05) is 0 Å². The molecule has 1 fully saturated rings. The smallest absolute Gasteiger partial charge is 0.258 e. The lowest BCUT2D eigenvalue weighted by molar-refractivity contribution is -0.0228. The Balaban J connectivity index is 2.17. The van der Waals surface area contributed by atoms with E-state index in [0.29, 0.717) is 25.9 Å². The fourth-order valence-corrected chi connectivity index (χ4v) is 2.38. The molecule has 0 atom stereocenters. The minimum absolute atomic E-state index is 0.0921. The molecule has 0 unspecified atom stereocenters. The zero-order valence-corrected chi connectivity index (χ0v) is 10.3. The van der Waals surface area contributed by atoms with Crippen molar-refractivity contribution in [1.82, 2.24) is 15.5 Å². The van der Waals surface area contributed by atoms with Crippen molar-refractivity contribution in [2.24, 2.45) is 0 Å². The maximum absolute atomic E-state index is 11.1. The van der Waals surface area contributed by atoms with Crippen LogP contribution in [0.1, 0.15) is 24.6 Å². The second kappa shape index (κ2) is 4.35. The average molecular weight is 261 g/mol. The van der Waals surface area contributed by atoms with E-state index >= 15 is 0 Å². The first kappa shape index (κ1) is 12.5. The van der Waals surface area contributed by atoms with Gasteiger partial charge in [-0.15, -0.1) is 0 Å². The second-order valence-corrected chi connectivity index (χ2v) is 6.51. The zero-order valence-electron chi connectivity index (χ0n) is 9.51. The third kappa shape index (κ3) is 3.02. The molecule has 0 amide bonds. The van der Waals surface area contributed by atoms with E-state index in [-0.39, 0.29) is 17.5 Å². The van der Waals surface area contributed by atoms with Crippen molar-refractivity contribution in [3.8, 4) is 0 Å². The summed E-state index contributed by atoms with van der Waals surface area (Å²) in [7, 11) is -3.19. The van der Waals surface area contributed by atoms with E-state index in [1.54, 1.807) is 0 Å². The van der Waals surface area contributed by atoms with Gasteiger partial charge in [0.25, 0.3) is 5.89 Å². The largest absolute Gasteiger partial charge is 0.380 e. The molecule has 17 heavy (non-hydrogen) atoms. The van der Waals surface area contributed by atoms with Gasteiger partial charge < -0.3 is 14.9 Å². The average Bonchev–Trinajstić information content (AvgIpc) is 2.65. The number of aromatic nitrogens is 2. The van der Waals surface area contributed by atoms with E-state index in [4.69, 9.17) is 4.52 Å². The maximum atomic E-state index is 11.1. The summed E-state index contributed by atoms with van der Waals surface area (Å²) in [5.41, 5.74) is -1.13. The van der Waals surface area contributed by atoms with Crippen molar-refractivity contribution >= 4 is 9.84 Å². The van der Waals surface area contributed by atoms with Gasteiger partial charge in [0, 0.05) is 6.26 Å². The fraction of sp³-hybridized carbons (Fsp3) is 0.778. The molecule has 0 radical (unpaired) electrons. The molecule has 96 valence electrons. The molecule has 0 bridgehead atoms. The molecule has 2 heterocycles. The van der Waals surface area contributed by atoms with E-state index in [2.05, 4.69) is 15.5 Å². The summed E-state index contributed by atoms with van der Waals surface area (Å²) in [6, 6.07) is 0. The van der Waals surface area contributed by atoms with E-state index in [9.17, 15) is 13.5 Å². The first-order valence-electron chi connectivity index (χ1n) is 5.33. The van der Waals surface area contributed by atoms with Crippen LogP contribution in [0.3, 0.4) is 0 Å². The summed E-state index contributed by atoms with van der Waals surface area (Å²) in [5, 5.41) is 17.0. The number of aliphatic hydroxyl groups is 1. The minimum atomic E-state index is -3.19. The van der Waals surface area contributed by atoms with Crippen LogP contribution >= 0.6 is 0 Å². The predicted octanol–water partition coefficient (Wildman–Crippen LogP) is -0.815. The predicted molar refractivity (Wildman–Crippen MR) is 58.8 cm³/mol. The molecule has 8 heteroatoms. The Bertz CT molecular complexity index is 490. The number of nitrogens with zero attached hydrogens (tertiary/aromatic N) is 2. The van der Waals surface area contributed by atoms with Crippen molar-refractivity contribution in [2.45, 2.75) is 24.2 Å². The highest BCUT2D eigenvalue weighted by Gasteiger charge is 2.37. The van der Waals surface area contributed by atoms with E-state index in [1.165, 1.54) is 0 Å². The van der Waals surface area contributed by atoms with Gasteiger partial charge in [-0.3, -0.25) is 0 Å².